The van der Waals surface area contributed by atoms with Gasteiger partial charge in [-0.25, -0.2) is 4.98 Å². The van der Waals surface area contributed by atoms with Crippen molar-refractivity contribution in [3.63, 3.8) is 0 Å². The van der Waals surface area contributed by atoms with Gasteiger partial charge in [0.2, 0.25) is 0 Å². The van der Waals surface area contributed by atoms with E-state index in [0.717, 1.165) is 17.0 Å². The molecule has 0 aliphatic rings. The van der Waals surface area contributed by atoms with Crippen LogP contribution in [0.15, 0.2) is 72.9 Å². The van der Waals surface area contributed by atoms with Crippen molar-refractivity contribution >= 4 is 17.4 Å². The van der Waals surface area contributed by atoms with E-state index in [1.54, 1.807) is 13.3 Å². The number of hydrogen-bond acceptors (Lipinski definition) is 4. The summed E-state index contributed by atoms with van der Waals surface area (Å²) in [6.07, 6.45) is 1.62. The molecule has 0 bridgehead atoms. The molecule has 0 saturated carbocycles. The highest BCUT2D eigenvalue weighted by Crippen LogP contribution is 2.19. The molecular weight excluding hydrogens is 350 g/mol. The molecule has 2 aromatic carbocycles. The van der Waals surface area contributed by atoms with Crippen LogP contribution in [0.25, 0.3) is 0 Å². The molecule has 1 N–H and O–H groups in total. The zero-order valence-electron chi connectivity index (χ0n) is 16.4. The van der Waals surface area contributed by atoms with Gasteiger partial charge >= 0.3 is 0 Å². The summed E-state index contributed by atoms with van der Waals surface area (Å²) >= 11 is 0. The van der Waals surface area contributed by atoms with Crippen LogP contribution in [0.4, 0.5) is 11.5 Å². The van der Waals surface area contributed by atoms with Crippen LogP contribution in [-0.2, 0) is 6.54 Å². The minimum absolute atomic E-state index is 0.0256. The molecule has 5 nitrogen and oxygen atoms in total. The van der Waals surface area contributed by atoms with E-state index in [2.05, 4.69) is 10.3 Å². The number of hydrogen-bond donors (Lipinski definition) is 1. The minimum Gasteiger partial charge on any atom is -0.497 e. The number of methoxy groups -OCH3 is 1. The van der Waals surface area contributed by atoms with Crippen molar-refractivity contribution in [2.75, 3.05) is 12.4 Å². The van der Waals surface area contributed by atoms with E-state index >= 15 is 0 Å². The fourth-order valence-corrected chi connectivity index (χ4v) is 2.85. The largest absolute Gasteiger partial charge is 0.497 e. The van der Waals surface area contributed by atoms with E-state index in [-0.39, 0.29) is 11.9 Å². The van der Waals surface area contributed by atoms with Crippen LogP contribution < -0.4 is 10.1 Å². The molecular formula is C23H25N3O2. The maximum atomic E-state index is 13.0. The van der Waals surface area contributed by atoms with E-state index < -0.39 is 0 Å². The van der Waals surface area contributed by atoms with Crippen LogP contribution in [0.3, 0.4) is 0 Å². The van der Waals surface area contributed by atoms with Crippen LogP contribution in [0.2, 0.25) is 0 Å². The van der Waals surface area contributed by atoms with Gasteiger partial charge in [-0.05, 0) is 55.8 Å². The predicted molar refractivity (Wildman–Crippen MR) is 112 cm³/mol. The van der Waals surface area contributed by atoms with Gasteiger partial charge in [0.25, 0.3) is 5.91 Å². The van der Waals surface area contributed by atoms with Crippen molar-refractivity contribution in [3.05, 3.63) is 84.1 Å². The summed E-state index contributed by atoms with van der Waals surface area (Å²) in [6, 6.07) is 21.3. The van der Waals surface area contributed by atoms with Crippen molar-refractivity contribution in [2.24, 2.45) is 0 Å². The summed E-state index contributed by atoms with van der Waals surface area (Å²) in [6.45, 7) is 4.62. The summed E-state index contributed by atoms with van der Waals surface area (Å²) < 4.78 is 5.16. The SMILES string of the molecule is COc1ccc(Nc2ccc(C(=O)N(Cc3ccccc3)C(C)C)cn2)cc1. The van der Waals surface area contributed by atoms with Crippen LogP contribution >= 0.6 is 0 Å². The molecule has 0 aliphatic carbocycles. The molecule has 1 aromatic heterocycles. The second-order valence-electron chi connectivity index (χ2n) is 6.80. The number of aromatic nitrogens is 1. The quantitative estimate of drug-likeness (QED) is 0.639. The Kier molecular flexibility index (Phi) is 6.27. The van der Waals surface area contributed by atoms with Crippen molar-refractivity contribution in [1.29, 1.82) is 0 Å². The van der Waals surface area contributed by atoms with Crippen LogP contribution in [0.1, 0.15) is 29.8 Å². The Morgan fingerprint density at radius 3 is 2.32 bits per heavy atom. The van der Waals surface area contributed by atoms with Crippen molar-refractivity contribution in [1.82, 2.24) is 9.88 Å². The lowest BCUT2D eigenvalue weighted by Crippen LogP contribution is -2.36. The number of rotatable bonds is 7. The van der Waals surface area contributed by atoms with Gasteiger partial charge in [0.15, 0.2) is 0 Å². The number of ether oxygens (including phenoxy) is 1. The molecule has 144 valence electrons. The van der Waals surface area contributed by atoms with Crippen LogP contribution in [-0.4, -0.2) is 28.9 Å². The lowest BCUT2D eigenvalue weighted by Gasteiger charge is -2.27. The Hall–Kier alpha value is -3.34. The first kappa shape index (κ1) is 19.4. The second kappa shape index (κ2) is 9.04. The lowest BCUT2D eigenvalue weighted by molar-refractivity contribution is 0.0690. The third-order valence-corrected chi connectivity index (χ3v) is 4.45. The minimum atomic E-state index is -0.0256. The topological polar surface area (TPSA) is 54.5 Å². The van der Waals surface area contributed by atoms with E-state index in [0.29, 0.717) is 17.9 Å². The van der Waals surface area contributed by atoms with Gasteiger partial charge in [-0.3, -0.25) is 4.79 Å². The third-order valence-electron chi connectivity index (χ3n) is 4.45. The van der Waals surface area contributed by atoms with Gasteiger partial charge in [-0.15, -0.1) is 0 Å². The summed E-state index contributed by atoms with van der Waals surface area (Å²) in [7, 11) is 1.64. The molecule has 28 heavy (non-hydrogen) atoms. The maximum absolute atomic E-state index is 13.0. The number of anilines is 2. The number of nitrogens with one attached hydrogen (secondary N) is 1. The zero-order valence-corrected chi connectivity index (χ0v) is 16.4. The number of nitrogens with zero attached hydrogens (tertiary/aromatic N) is 2. The molecule has 0 spiro atoms. The second-order valence-corrected chi connectivity index (χ2v) is 6.80. The first-order chi connectivity index (χ1) is 13.6. The highest BCUT2D eigenvalue weighted by atomic mass is 16.5. The van der Waals surface area contributed by atoms with Gasteiger partial charge in [0, 0.05) is 24.5 Å². The molecule has 0 aliphatic heterocycles. The van der Waals surface area contributed by atoms with Crippen molar-refractivity contribution in [3.8, 4) is 5.75 Å². The molecule has 1 heterocycles. The van der Waals surface area contributed by atoms with Gasteiger partial charge < -0.3 is 15.0 Å². The van der Waals surface area contributed by atoms with Gasteiger partial charge in [0.1, 0.15) is 11.6 Å². The molecule has 0 radical (unpaired) electrons. The van der Waals surface area contributed by atoms with E-state index in [1.807, 2.05) is 85.5 Å². The van der Waals surface area contributed by atoms with Crippen molar-refractivity contribution in [2.45, 2.75) is 26.4 Å². The van der Waals surface area contributed by atoms with Gasteiger partial charge in [-0.2, -0.15) is 0 Å². The molecule has 1 amide bonds. The van der Waals surface area contributed by atoms with E-state index in [1.165, 1.54) is 0 Å². The highest BCUT2D eigenvalue weighted by Gasteiger charge is 2.19. The average molecular weight is 375 g/mol. The Bertz CT molecular complexity index is 891. The summed E-state index contributed by atoms with van der Waals surface area (Å²) in [5.74, 6) is 1.45. The molecule has 3 aromatic rings. The number of benzene rings is 2. The molecule has 0 saturated heterocycles. The number of amides is 1. The molecule has 0 unspecified atom stereocenters. The molecule has 0 atom stereocenters. The summed E-state index contributed by atoms with van der Waals surface area (Å²) in [5.41, 5.74) is 2.58. The summed E-state index contributed by atoms with van der Waals surface area (Å²) in [4.78, 5) is 19.2. The first-order valence-electron chi connectivity index (χ1n) is 9.29. The normalized spacial score (nSPS) is 10.6. The van der Waals surface area contributed by atoms with Crippen LogP contribution in [0.5, 0.6) is 5.75 Å². The van der Waals surface area contributed by atoms with E-state index in [4.69, 9.17) is 4.74 Å². The fourth-order valence-electron chi connectivity index (χ4n) is 2.85. The highest BCUT2D eigenvalue weighted by molar-refractivity contribution is 5.94. The van der Waals surface area contributed by atoms with Crippen LogP contribution in [0, 0.1) is 0 Å². The zero-order chi connectivity index (χ0) is 19.9. The third kappa shape index (κ3) is 4.88. The average Bonchev–Trinajstić information content (AvgIpc) is 2.73. The monoisotopic (exact) mass is 375 g/mol. The fraction of sp³-hybridized carbons (Fsp3) is 0.217. The molecule has 3 rings (SSSR count). The van der Waals surface area contributed by atoms with Crippen molar-refractivity contribution < 1.29 is 9.53 Å². The van der Waals surface area contributed by atoms with Gasteiger partial charge in [0.05, 0.1) is 12.7 Å². The maximum Gasteiger partial charge on any atom is 0.255 e. The Labute approximate surface area is 166 Å². The smallest absolute Gasteiger partial charge is 0.255 e. The molecule has 5 heteroatoms. The number of pyridine rings is 1. The van der Waals surface area contributed by atoms with E-state index in [9.17, 15) is 4.79 Å². The Morgan fingerprint density at radius 1 is 1.04 bits per heavy atom. The van der Waals surface area contributed by atoms with Gasteiger partial charge in [-0.1, -0.05) is 30.3 Å². The Morgan fingerprint density at radius 2 is 1.75 bits per heavy atom. The summed E-state index contributed by atoms with van der Waals surface area (Å²) in [5, 5.41) is 3.22. The lowest BCUT2D eigenvalue weighted by atomic mass is 10.1. The predicted octanol–water partition coefficient (Wildman–Crippen LogP) is 4.88. The number of carbonyl (C=O) groups excluding carboxylic acids is 1. The first-order valence-corrected chi connectivity index (χ1v) is 9.29. The number of carbonyl (C=O) groups is 1. The molecule has 0 fully saturated rings. The Balaban J connectivity index is 1.70. The standard InChI is InChI=1S/C23H25N3O2/c1-17(2)26(16-18-7-5-4-6-8-18)23(27)19-9-14-22(24-15-19)25-20-10-12-21(28-3)13-11-20/h4-15,17H,16H2,1-3H3,(H,24,25).